The van der Waals surface area contributed by atoms with Crippen molar-refractivity contribution < 1.29 is 0 Å². The molecule has 0 amide bonds. The van der Waals surface area contributed by atoms with Crippen molar-refractivity contribution in [2.24, 2.45) is 0 Å². The first-order chi connectivity index (χ1) is 16.4. The predicted octanol–water partition coefficient (Wildman–Crippen LogP) is 6.17. The van der Waals surface area contributed by atoms with Gasteiger partial charge in [0, 0.05) is 0 Å². The second kappa shape index (κ2) is 8.77. The summed E-state index contributed by atoms with van der Waals surface area (Å²) in [5.74, 6) is 0. The van der Waals surface area contributed by atoms with Crippen LogP contribution in [-0.2, 0) is 0 Å². The van der Waals surface area contributed by atoms with Crippen molar-refractivity contribution in [2.45, 2.75) is 78.6 Å². The summed E-state index contributed by atoms with van der Waals surface area (Å²) in [6.45, 7) is 31.7. The maximum Gasteiger partial charge on any atom is 0.221 e. The van der Waals surface area contributed by atoms with Crippen molar-refractivity contribution in [3.8, 4) is 0 Å². The van der Waals surface area contributed by atoms with Crippen LogP contribution in [0.25, 0.3) is 0 Å². The molecule has 0 aliphatic carbocycles. The lowest BCUT2D eigenvalue weighted by Crippen LogP contribution is -2.99. The van der Waals surface area contributed by atoms with Gasteiger partial charge >= 0.3 is 0 Å². The Morgan fingerprint density at radius 2 is 0.528 bits per heavy atom. The van der Waals surface area contributed by atoms with Gasteiger partial charge in [-0.2, -0.15) is 0 Å². The van der Waals surface area contributed by atoms with E-state index in [9.17, 15) is 0 Å². The monoisotopic (exact) mass is 588 g/mol. The highest BCUT2D eigenvalue weighted by atomic mass is 28.6. The minimum absolute atomic E-state index is 2.03. The Bertz CT molecular complexity index is 1000. The summed E-state index contributed by atoms with van der Waals surface area (Å²) in [6, 6.07) is 13.3. The average Bonchev–Trinajstić information content (AvgIpc) is 3.49. The highest BCUT2D eigenvalue weighted by Crippen LogP contribution is 2.47. The van der Waals surface area contributed by atoms with Gasteiger partial charge < -0.3 is 24.4 Å². The van der Waals surface area contributed by atoms with E-state index in [1.807, 2.05) is 0 Å². The zero-order valence-corrected chi connectivity index (χ0v) is 30.6. The van der Waals surface area contributed by atoms with E-state index < -0.39 is 50.4 Å². The van der Waals surface area contributed by atoms with Crippen molar-refractivity contribution in [3.63, 3.8) is 0 Å². The molecule has 0 bridgehead atoms. The van der Waals surface area contributed by atoms with Gasteiger partial charge in [-0.1, -0.05) is 0 Å². The maximum absolute atomic E-state index is 3.22. The molecule has 1 fully saturated rings. The second-order valence-corrected chi connectivity index (χ2v) is 40.8. The van der Waals surface area contributed by atoms with Crippen LogP contribution >= 0.6 is 0 Å². The quantitative estimate of drug-likeness (QED) is 0.322. The summed E-state index contributed by atoms with van der Waals surface area (Å²) < 4.78 is 17.5. The minimum Gasteiger partial charge on any atom is -0.368 e. The van der Waals surface area contributed by atoms with Gasteiger partial charge in [0.1, 0.15) is 0 Å². The van der Waals surface area contributed by atoms with Gasteiger partial charge in [-0.15, -0.1) is 0 Å². The molecule has 0 spiro atoms. The zero-order valence-electron chi connectivity index (χ0n) is 24.6. The largest absolute Gasteiger partial charge is 0.368 e. The van der Waals surface area contributed by atoms with Crippen LogP contribution in [0.2, 0.25) is 78.6 Å². The van der Waals surface area contributed by atoms with Crippen molar-refractivity contribution in [1.29, 1.82) is 0 Å². The molecule has 4 rings (SSSR count). The molecule has 0 aromatic carbocycles. The third-order valence-corrected chi connectivity index (χ3v) is 52.7. The Balaban J connectivity index is 2.04. The van der Waals surface area contributed by atoms with E-state index >= 15 is 0 Å². The van der Waals surface area contributed by atoms with Crippen molar-refractivity contribution in [2.75, 3.05) is 0 Å². The Hall–Kier alpha value is -0.979. The van der Waals surface area contributed by atoms with E-state index in [-0.39, 0.29) is 0 Å². The topological polar surface area (TPSA) is 24.5 Å². The fourth-order valence-corrected chi connectivity index (χ4v) is 70.3. The number of aromatic nitrogens is 3. The van der Waals surface area contributed by atoms with Crippen molar-refractivity contribution in [1.82, 2.24) is 24.4 Å². The number of rotatable bonds is 6. The lowest BCUT2D eigenvalue weighted by atomic mass is 10.7. The average molecular weight is 589 g/mol. The summed E-state index contributed by atoms with van der Waals surface area (Å²) in [5.41, 5.74) is 0. The molecule has 198 valence electrons. The van der Waals surface area contributed by atoms with Gasteiger partial charge in [-0.25, -0.2) is 0 Å². The summed E-state index contributed by atoms with van der Waals surface area (Å²) in [4.78, 5) is 0. The smallest absolute Gasteiger partial charge is 0.221 e. The van der Waals surface area contributed by atoms with Crippen LogP contribution in [0.4, 0.5) is 0 Å². The maximum atomic E-state index is 3.22. The molecule has 0 unspecified atom stereocenters. The van der Waals surface area contributed by atoms with E-state index in [0.717, 1.165) is 0 Å². The van der Waals surface area contributed by atoms with E-state index in [1.165, 1.54) is 0 Å². The fourth-order valence-electron chi connectivity index (χ4n) is 8.77. The highest BCUT2D eigenvalue weighted by molar-refractivity contribution is 7.20. The van der Waals surface area contributed by atoms with Crippen LogP contribution < -0.4 is 0 Å². The SMILES string of the molecule is C[Si]1(C)N([Si](C)(C)n2cccc2)[Si](C)(C)N([Si](C)(C)n2cccc2)[Si](C)(C)N1[Si](C)(C)n1cccc1. The van der Waals surface area contributed by atoms with Gasteiger partial charge in [-0.3, -0.25) is 0 Å². The van der Waals surface area contributed by atoms with Crippen LogP contribution in [-0.4, -0.2) is 74.8 Å². The highest BCUT2D eigenvalue weighted by Gasteiger charge is 2.70. The molecule has 4 heterocycles. The number of hydrogen-bond acceptors (Lipinski definition) is 3. The molecule has 1 saturated heterocycles. The van der Waals surface area contributed by atoms with Crippen molar-refractivity contribution >= 4 is 50.4 Å². The number of hydrogen-bond donors (Lipinski definition) is 0. The van der Waals surface area contributed by atoms with Crippen LogP contribution in [0, 0.1) is 0 Å². The molecule has 3 aromatic rings. The molecule has 1 aliphatic heterocycles. The van der Waals surface area contributed by atoms with E-state index in [2.05, 4.69) is 177 Å². The first-order valence-corrected chi connectivity index (χ1v) is 30.6. The lowest BCUT2D eigenvalue weighted by Gasteiger charge is -2.75. The van der Waals surface area contributed by atoms with E-state index in [4.69, 9.17) is 0 Å². The minimum atomic E-state index is -2.07. The van der Waals surface area contributed by atoms with Gasteiger partial charge in [0.15, 0.2) is 25.2 Å². The molecular weight excluding hydrogens is 541 g/mol. The molecular formula is C24H48N6Si6. The number of nitrogens with zero attached hydrogens (tertiary/aromatic N) is 6. The van der Waals surface area contributed by atoms with E-state index in [0.29, 0.717) is 0 Å². The molecule has 6 nitrogen and oxygen atoms in total. The standard InChI is InChI=1S/C24H48N6Si6/c1-31(2,25-19-13-14-20-25)28-34(7,8)29(32(3,4)26-21-15-16-22-26)36(11,12)30(35(28,9)10)33(5,6)27-23-17-18-24-27/h13-24H,1-12H3. The Labute approximate surface area is 226 Å². The molecule has 0 atom stereocenters. The third kappa shape index (κ3) is 4.00. The first kappa shape index (κ1) is 28.0. The van der Waals surface area contributed by atoms with Gasteiger partial charge in [0.05, 0.1) is 0 Å². The van der Waals surface area contributed by atoms with Crippen LogP contribution in [0.15, 0.2) is 73.6 Å². The predicted molar refractivity (Wildman–Crippen MR) is 170 cm³/mol. The fraction of sp³-hybridized carbons (Fsp3) is 0.500. The molecule has 1 aliphatic rings. The molecule has 0 saturated carbocycles. The zero-order chi connectivity index (χ0) is 26.9. The normalized spacial score (nSPS) is 21.7. The van der Waals surface area contributed by atoms with Crippen LogP contribution in [0.5, 0.6) is 0 Å². The Kier molecular flexibility index (Phi) is 6.83. The van der Waals surface area contributed by atoms with Gasteiger partial charge in [-0.05, 0) is 152 Å². The third-order valence-electron chi connectivity index (χ3n) is 8.63. The van der Waals surface area contributed by atoms with Gasteiger partial charge in [0.25, 0.3) is 0 Å². The Morgan fingerprint density at radius 3 is 0.694 bits per heavy atom. The first-order valence-electron chi connectivity index (χ1n) is 13.2. The molecule has 36 heavy (non-hydrogen) atoms. The molecule has 0 N–H and O–H groups in total. The Morgan fingerprint density at radius 1 is 0.361 bits per heavy atom. The molecule has 12 heteroatoms. The summed E-state index contributed by atoms with van der Waals surface area (Å²) in [5, 5.41) is 0. The van der Waals surface area contributed by atoms with Crippen LogP contribution in [0.3, 0.4) is 0 Å². The lowest BCUT2D eigenvalue weighted by molar-refractivity contribution is 0.591. The summed E-state index contributed by atoms with van der Waals surface area (Å²) >= 11 is 0. The molecule has 3 aromatic heterocycles. The van der Waals surface area contributed by atoms with Crippen LogP contribution in [0.1, 0.15) is 0 Å². The van der Waals surface area contributed by atoms with Crippen molar-refractivity contribution in [3.05, 3.63) is 73.6 Å². The summed E-state index contributed by atoms with van der Waals surface area (Å²) in [6.07, 6.45) is 14.0. The summed E-state index contributed by atoms with van der Waals surface area (Å²) in [7, 11) is -12.3. The van der Waals surface area contributed by atoms with Gasteiger partial charge in [0.2, 0.25) is 25.2 Å². The second-order valence-electron chi connectivity index (χ2n) is 13.2. The molecule has 0 radical (unpaired) electrons. The van der Waals surface area contributed by atoms with E-state index in [1.54, 1.807) is 0 Å².